The third-order valence-electron chi connectivity index (χ3n) is 2.72. The summed E-state index contributed by atoms with van der Waals surface area (Å²) < 4.78 is 2.58. The van der Waals surface area contributed by atoms with E-state index in [0.29, 0.717) is 17.8 Å². The van der Waals surface area contributed by atoms with Crippen molar-refractivity contribution in [2.75, 3.05) is 0 Å². The summed E-state index contributed by atoms with van der Waals surface area (Å²) in [6.07, 6.45) is 2.44. The van der Waals surface area contributed by atoms with Gasteiger partial charge in [-0.15, -0.1) is 5.10 Å². The van der Waals surface area contributed by atoms with Gasteiger partial charge in [0.15, 0.2) is 0 Å². The molecule has 1 heterocycles. The van der Waals surface area contributed by atoms with Crippen LogP contribution in [0.5, 0.6) is 0 Å². The van der Waals surface area contributed by atoms with Crippen molar-refractivity contribution in [3.05, 3.63) is 45.7 Å². The van der Waals surface area contributed by atoms with Crippen LogP contribution in [0.4, 0.5) is 0 Å². The summed E-state index contributed by atoms with van der Waals surface area (Å²) in [7, 11) is 0. The average Bonchev–Trinajstić information content (AvgIpc) is 2.80. The third kappa shape index (κ3) is 2.51. The van der Waals surface area contributed by atoms with Gasteiger partial charge in [0, 0.05) is 16.6 Å². The molecule has 0 N–H and O–H groups in total. The van der Waals surface area contributed by atoms with Gasteiger partial charge in [-0.25, -0.2) is 4.68 Å². The molecule has 0 saturated carbocycles. The molecule has 0 radical (unpaired) electrons. The first-order chi connectivity index (χ1) is 8.63. The first-order valence-electron chi connectivity index (χ1n) is 5.82. The summed E-state index contributed by atoms with van der Waals surface area (Å²) in [4.78, 5) is 12.3. The maximum atomic E-state index is 12.3. The Bertz CT molecular complexity index is 577. The zero-order valence-electron chi connectivity index (χ0n) is 10.4. The smallest absolute Gasteiger partial charge is 0.212 e. The number of rotatable bonds is 4. The number of nitrogens with zero attached hydrogens (tertiary/aromatic N) is 3. The lowest BCUT2D eigenvalue weighted by Crippen LogP contribution is -2.11. The SMILES string of the molecule is CCCn1nncc1C(=O)c1ccc(C)c(Br)c1. The van der Waals surface area contributed by atoms with Gasteiger partial charge in [0.25, 0.3) is 0 Å². The van der Waals surface area contributed by atoms with E-state index in [2.05, 4.69) is 26.2 Å². The van der Waals surface area contributed by atoms with Gasteiger partial charge in [-0.1, -0.05) is 40.2 Å². The fourth-order valence-electron chi connectivity index (χ4n) is 1.69. The molecule has 1 aromatic heterocycles. The molecule has 0 fully saturated rings. The van der Waals surface area contributed by atoms with E-state index < -0.39 is 0 Å². The van der Waals surface area contributed by atoms with Gasteiger partial charge in [0.05, 0.1) is 6.20 Å². The highest BCUT2D eigenvalue weighted by Gasteiger charge is 2.15. The van der Waals surface area contributed by atoms with Crippen molar-refractivity contribution >= 4 is 21.7 Å². The van der Waals surface area contributed by atoms with Crippen LogP contribution in [0, 0.1) is 6.92 Å². The second-order valence-electron chi connectivity index (χ2n) is 4.14. The molecular weight excluding hydrogens is 294 g/mol. The van der Waals surface area contributed by atoms with Crippen molar-refractivity contribution < 1.29 is 4.79 Å². The van der Waals surface area contributed by atoms with Gasteiger partial charge in [0.1, 0.15) is 5.69 Å². The summed E-state index contributed by atoms with van der Waals surface area (Å²) in [5, 5.41) is 7.73. The lowest BCUT2D eigenvalue weighted by Gasteiger charge is -2.05. The number of ketones is 1. The quantitative estimate of drug-likeness (QED) is 0.816. The molecule has 5 heteroatoms. The number of hydrogen-bond donors (Lipinski definition) is 0. The lowest BCUT2D eigenvalue weighted by molar-refractivity contribution is 0.102. The Balaban J connectivity index is 2.35. The van der Waals surface area contributed by atoms with Crippen molar-refractivity contribution in [2.45, 2.75) is 26.8 Å². The third-order valence-corrected chi connectivity index (χ3v) is 3.57. The van der Waals surface area contributed by atoms with E-state index in [1.165, 1.54) is 6.20 Å². The van der Waals surface area contributed by atoms with Crippen LogP contribution in [-0.4, -0.2) is 20.8 Å². The Hall–Kier alpha value is -1.49. The minimum atomic E-state index is -0.0471. The molecule has 0 unspecified atom stereocenters. The molecule has 0 amide bonds. The number of carbonyl (C=O) groups excluding carboxylic acids is 1. The van der Waals surface area contributed by atoms with Crippen LogP contribution in [-0.2, 0) is 6.54 Å². The molecule has 94 valence electrons. The number of benzene rings is 1. The average molecular weight is 308 g/mol. The zero-order valence-corrected chi connectivity index (χ0v) is 11.9. The zero-order chi connectivity index (χ0) is 13.1. The second-order valence-corrected chi connectivity index (χ2v) is 4.99. The largest absolute Gasteiger partial charge is 0.287 e. The van der Waals surface area contributed by atoms with Gasteiger partial charge >= 0.3 is 0 Å². The van der Waals surface area contributed by atoms with Crippen LogP contribution < -0.4 is 0 Å². The van der Waals surface area contributed by atoms with Gasteiger partial charge in [0.2, 0.25) is 5.78 Å². The molecule has 0 saturated heterocycles. The standard InChI is InChI=1S/C13H14BrN3O/c1-3-6-17-12(8-15-16-17)13(18)10-5-4-9(2)11(14)7-10/h4-5,7-8H,3,6H2,1-2H3. The van der Waals surface area contributed by atoms with Gasteiger partial charge in [-0.3, -0.25) is 4.79 Å². The fraction of sp³-hybridized carbons (Fsp3) is 0.308. The van der Waals surface area contributed by atoms with Crippen molar-refractivity contribution in [3.63, 3.8) is 0 Å². The van der Waals surface area contributed by atoms with E-state index in [1.807, 2.05) is 32.0 Å². The predicted molar refractivity (Wildman–Crippen MR) is 72.6 cm³/mol. The molecule has 0 atom stereocenters. The van der Waals surface area contributed by atoms with E-state index in [1.54, 1.807) is 4.68 Å². The molecule has 4 nitrogen and oxygen atoms in total. The van der Waals surface area contributed by atoms with Crippen molar-refractivity contribution in [2.24, 2.45) is 0 Å². The van der Waals surface area contributed by atoms with Crippen molar-refractivity contribution in [1.29, 1.82) is 0 Å². The maximum absolute atomic E-state index is 12.3. The number of hydrogen-bond acceptors (Lipinski definition) is 3. The number of aryl methyl sites for hydroxylation is 2. The van der Waals surface area contributed by atoms with Crippen LogP contribution in [0.2, 0.25) is 0 Å². The Morgan fingerprint density at radius 3 is 2.89 bits per heavy atom. The monoisotopic (exact) mass is 307 g/mol. The highest BCUT2D eigenvalue weighted by Crippen LogP contribution is 2.19. The molecule has 0 aliphatic heterocycles. The Labute approximate surface area is 114 Å². The molecule has 0 aliphatic rings. The molecule has 2 rings (SSSR count). The van der Waals surface area contributed by atoms with Crippen LogP contribution in [0.1, 0.15) is 35.0 Å². The minimum absolute atomic E-state index is 0.0471. The number of carbonyl (C=O) groups is 1. The van der Waals surface area contributed by atoms with Crippen molar-refractivity contribution in [3.8, 4) is 0 Å². The van der Waals surface area contributed by atoms with E-state index in [-0.39, 0.29) is 5.78 Å². The van der Waals surface area contributed by atoms with E-state index in [9.17, 15) is 4.79 Å². The molecule has 2 aromatic rings. The van der Waals surface area contributed by atoms with Gasteiger partial charge in [-0.05, 0) is 25.0 Å². The van der Waals surface area contributed by atoms with E-state index in [4.69, 9.17) is 0 Å². The first kappa shape index (κ1) is 13.0. The molecular formula is C13H14BrN3O. The van der Waals surface area contributed by atoms with Crippen molar-refractivity contribution in [1.82, 2.24) is 15.0 Å². The molecule has 18 heavy (non-hydrogen) atoms. The van der Waals surface area contributed by atoms with Gasteiger partial charge in [-0.2, -0.15) is 0 Å². The lowest BCUT2D eigenvalue weighted by atomic mass is 10.1. The Morgan fingerprint density at radius 1 is 1.44 bits per heavy atom. The first-order valence-corrected chi connectivity index (χ1v) is 6.62. The highest BCUT2D eigenvalue weighted by atomic mass is 79.9. The Morgan fingerprint density at radius 2 is 2.22 bits per heavy atom. The summed E-state index contributed by atoms with van der Waals surface area (Å²) in [5.74, 6) is -0.0471. The topological polar surface area (TPSA) is 47.8 Å². The maximum Gasteiger partial charge on any atom is 0.212 e. The fourth-order valence-corrected chi connectivity index (χ4v) is 2.07. The predicted octanol–water partition coefficient (Wildman–Crippen LogP) is 2.99. The Kier molecular flexibility index (Phi) is 3.91. The molecule has 0 aliphatic carbocycles. The van der Waals surface area contributed by atoms with Crippen LogP contribution in [0.15, 0.2) is 28.9 Å². The summed E-state index contributed by atoms with van der Waals surface area (Å²) in [6, 6.07) is 5.58. The van der Waals surface area contributed by atoms with Crippen LogP contribution in [0.3, 0.4) is 0 Å². The van der Waals surface area contributed by atoms with Crippen LogP contribution in [0.25, 0.3) is 0 Å². The molecule has 0 bridgehead atoms. The molecule has 0 spiro atoms. The second kappa shape index (κ2) is 5.44. The summed E-state index contributed by atoms with van der Waals surface area (Å²) in [6.45, 7) is 4.73. The summed E-state index contributed by atoms with van der Waals surface area (Å²) >= 11 is 3.44. The number of halogens is 1. The van der Waals surface area contributed by atoms with Gasteiger partial charge < -0.3 is 0 Å². The summed E-state index contributed by atoms with van der Waals surface area (Å²) in [5.41, 5.74) is 2.28. The number of aromatic nitrogens is 3. The normalized spacial score (nSPS) is 10.6. The minimum Gasteiger partial charge on any atom is -0.287 e. The van der Waals surface area contributed by atoms with Crippen LogP contribution >= 0.6 is 15.9 Å². The highest BCUT2D eigenvalue weighted by molar-refractivity contribution is 9.10. The van der Waals surface area contributed by atoms with E-state index in [0.717, 1.165) is 16.5 Å². The molecule has 1 aromatic carbocycles. The van der Waals surface area contributed by atoms with E-state index >= 15 is 0 Å².